The number of carbonyl (C=O) groups excluding carboxylic acids is 2. The van der Waals surface area contributed by atoms with Crippen molar-refractivity contribution < 1.29 is 9.59 Å². The Hall–Kier alpha value is -4.75. The first-order valence-electron chi connectivity index (χ1n) is 15.8. The number of thiazole rings is 1. The summed E-state index contributed by atoms with van der Waals surface area (Å²) in [6.45, 7) is 8.82. The van der Waals surface area contributed by atoms with Gasteiger partial charge in [-0.3, -0.25) is 29.8 Å². The summed E-state index contributed by atoms with van der Waals surface area (Å²) in [4.78, 5) is 49.7. The Morgan fingerprint density at radius 3 is 2.53 bits per heavy atom. The molecule has 0 bridgehead atoms. The van der Waals surface area contributed by atoms with Crippen molar-refractivity contribution >= 4 is 58.1 Å². The van der Waals surface area contributed by atoms with Gasteiger partial charge >= 0.3 is 0 Å². The number of amides is 2. The van der Waals surface area contributed by atoms with E-state index in [1.54, 1.807) is 30.3 Å². The normalized spacial score (nSPS) is 13.7. The van der Waals surface area contributed by atoms with Crippen LogP contribution in [0.3, 0.4) is 0 Å². The van der Waals surface area contributed by atoms with Crippen LogP contribution in [0.4, 0.5) is 11.5 Å². The lowest BCUT2D eigenvalue weighted by atomic mass is 9.98. The summed E-state index contributed by atoms with van der Waals surface area (Å²) in [6, 6.07) is 11.3. The molecule has 4 rings (SSSR count). The zero-order valence-electron chi connectivity index (χ0n) is 27.6. The van der Waals surface area contributed by atoms with Crippen LogP contribution in [-0.2, 0) is 9.59 Å². The number of carbonyl (C=O) groups is 2. The molecule has 0 radical (unpaired) electrons. The number of aromatic nitrogens is 2. The molecule has 1 aliphatic heterocycles. The van der Waals surface area contributed by atoms with E-state index in [9.17, 15) is 9.59 Å². The van der Waals surface area contributed by atoms with E-state index in [0.717, 1.165) is 29.0 Å². The lowest BCUT2D eigenvalue weighted by Gasteiger charge is -2.30. The summed E-state index contributed by atoms with van der Waals surface area (Å²) in [5.74, 6) is 0.797. The van der Waals surface area contributed by atoms with Crippen molar-refractivity contribution in [2.24, 2.45) is 15.7 Å². The molecule has 0 aliphatic carbocycles. The van der Waals surface area contributed by atoms with Crippen molar-refractivity contribution in [3.63, 3.8) is 0 Å². The lowest BCUT2D eigenvalue weighted by Crippen LogP contribution is -2.43. The molecule has 0 unspecified atom stereocenters. The van der Waals surface area contributed by atoms with Crippen molar-refractivity contribution in [2.75, 3.05) is 56.9 Å². The number of hydrogen-bond donors (Lipinski definition) is 3. The second kappa shape index (κ2) is 16.7. The van der Waals surface area contributed by atoms with Gasteiger partial charge in [0, 0.05) is 51.4 Å². The van der Waals surface area contributed by atoms with Crippen molar-refractivity contribution in [1.29, 1.82) is 5.41 Å². The fraction of sp³-hybridized carbons (Fsp3) is 0.382. The Morgan fingerprint density at radius 2 is 1.91 bits per heavy atom. The van der Waals surface area contributed by atoms with Gasteiger partial charge < -0.3 is 16.4 Å². The van der Waals surface area contributed by atoms with Crippen LogP contribution in [0.15, 0.2) is 58.7 Å². The van der Waals surface area contributed by atoms with E-state index in [1.165, 1.54) is 23.2 Å². The summed E-state index contributed by atoms with van der Waals surface area (Å²) in [5, 5.41) is 9.47. The van der Waals surface area contributed by atoms with Gasteiger partial charge in [0.05, 0.1) is 22.1 Å². The highest BCUT2D eigenvalue weighted by Crippen LogP contribution is 2.24. The maximum atomic E-state index is 13.4. The second-order valence-corrected chi connectivity index (χ2v) is 12.4. The van der Waals surface area contributed by atoms with Gasteiger partial charge in [-0.05, 0) is 56.5 Å². The molecule has 0 saturated carbocycles. The molecule has 13 heteroatoms. The number of aryl methyl sites for hydroxylation is 1. The molecular weight excluding hydrogens is 613 g/mol. The molecule has 12 nitrogen and oxygen atoms in total. The van der Waals surface area contributed by atoms with Crippen LogP contribution in [0.25, 0.3) is 5.57 Å². The monoisotopic (exact) mass is 656 g/mol. The van der Waals surface area contributed by atoms with E-state index in [1.807, 2.05) is 47.9 Å². The van der Waals surface area contributed by atoms with Crippen LogP contribution in [0.2, 0.25) is 0 Å². The van der Waals surface area contributed by atoms with Gasteiger partial charge in [-0.1, -0.05) is 37.3 Å². The maximum Gasteiger partial charge on any atom is 0.237 e. The molecule has 3 heterocycles. The van der Waals surface area contributed by atoms with Gasteiger partial charge in [0.2, 0.25) is 11.8 Å². The standard InChI is InChI=1S/C34H44N10O2S/c1-5-16-42(21-31(46)43-18-13-25(14-19-43)24-7-9-26(10-8-24)34(37)40-22-38-4)17-15-30(45)44(6-2)29-12-11-27(35)33(41-29)32(36)28-20-39-23(3)47-28/h7-13,20,22,36H,5-6,14-19,21,35H2,1-4H3,(H2,37,38,40). The molecule has 3 aromatic rings. The van der Waals surface area contributed by atoms with Crippen LogP contribution >= 0.6 is 11.3 Å². The number of pyridine rings is 1. The third kappa shape index (κ3) is 9.17. The molecular formula is C34H44N10O2S. The highest BCUT2D eigenvalue weighted by molar-refractivity contribution is 7.13. The van der Waals surface area contributed by atoms with Crippen LogP contribution in [0.5, 0.6) is 0 Å². The molecule has 2 amide bonds. The Kier molecular flexibility index (Phi) is 12.5. The molecule has 5 N–H and O–H groups in total. The average molecular weight is 657 g/mol. The lowest BCUT2D eigenvalue weighted by molar-refractivity contribution is -0.132. The van der Waals surface area contributed by atoms with Crippen LogP contribution in [0, 0.1) is 12.3 Å². The summed E-state index contributed by atoms with van der Waals surface area (Å²) in [7, 11) is 1.64. The van der Waals surface area contributed by atoms with Crippen molar-refractivity contribution in [3.05, 3.63) is 75.4 Å². The number of aliphatic imine (C=N–C) groups is 2. The molecule has 1 aliphatic rings. The SMILES string of the molecule is CCCN(CCC(=O)N(CC)c1ccc(N)c(C(=N)c2cnc(C)s2)n1)CC(=O)N1CC=C(c2ccc(C(N)=NC=NC)cc2)CC1. The smallest absolute Gasteiger partial charge is 0.237 e. The fourth-order valence-electron chi connectivity index (χ4n) is 5.34. The number of amidine groups is 1. The number of nitrogens with two attached hydrogens (primary N) is 2. The highest BCUT2D eigenvalue weighted by Gasteiger charge is 2.23. The van der Waals surface area contributed by atoms with E-state index in [2.05, 4.69) is 33.0 Å². The number of nitrogens with zero attached hydrogens (tertiary/aromatic N) is 7. The van der Waals surface area contributed by atoms with Gasteiger partial charge in [-0.25, -0.2) is 15.0 Å². The zero-order chi connectivity index (χ0) is 33.9. The minimum Gasteiger partial charge on any atom is -0.397 e. The van der Waals surface area contributed by atoms with Crippen molar-refractivity contribution in [3.8, 4) is 0 Å². The Bertz CT molecular complexity index is 1660. The zero-order valence-corrected chi connectivity index (χ0v) is 28.4. The molecule has 248 valence electrons. The number of rotatable bonds is 14. The summed E-state index contributed by atoms with van der Waals surface area (Å²) < 4.78 is 0. The highest BCUT2D eigenvalue weighted by atomic mass is 32.1. The van der Waals surface area contributed by atoms with E-state index >= 15 is 0 Å². The first kappa shape index (κ1) is 35.1. The summed E-state index contributed by atoms with van der Waals surface area (Å²) >= 11 is 1.40. The number of hydrogen-bond acceptors (Lipinski definition) is 9. The summed E-state index contributed by atoms with van der Waals surface area (Å²) in [5.41, 5.74) is 16.2. The minimum atomic E-state index is -0.104. The first-order valence-corrected chi connectivity index (χ1v) is 16.6. The van der Waals surface area contributed by atoms with Crippen LogP contribution in [-0.4, -0.2) is 95.8 Å². The fourth-order valence-corrected chi connectivity index (χ4v) is 6.07. The third-order valence-corrected chi connectivity index (χ3v) is 8.81. The van der Waals surface area contributed by atoms with Crippen LogP contribution < -0.4 is 16.4 Å². The first-order chi connectivity index (χ1) is 22.6. The Morgan fingerprint density at radius 1 is 1.15 bits per heavy atom. The molecule has 0 saturated heterocycles. The number of nitrogen functional groups attached to an aromatic ring is 1. The molecule has 0 atom stereocenters. The Labute approximate surface area is 280 Å². The van der Waals surface area contributed by atoms with Gasteiger partial charge in [-0.15, -0.1) is 11.3 Å². The van der Waals surface area contributed by atoms with Crippen molar-refractivity contribution in [2.45, 2.75) is 40.0 Å². The second-order valence-electron chi connectivity index (χ2n) is 11.2. The minimum absolute atomic E-state index is 0.0483. The van der Waals surface area contributed by atoms with E-state index < -0.39 is 0 Å². The summed E-state index contributed by atoms with van der Waals surface area (Å²) in [6.07, 6.45) is 7.02. The van der Waals surface area contributed by atoms with Crippen molar-refractivity contribution in [1.82, 2.24) is 19.8 Å². The van der Waals surface area contributed by atoms with Gasteiger partial charge in [-0.2, -0.15) is 0 Å². The largest absolute Gasteiger partial charge is 0.397 e. The molecule has 2 aromatic heterocycles. The van der Waals surface area contributed by atoms with Gasteiger partial charge in [0.1, 0.15) is 29.4 Å². The average Bonchev–Trinajstić information content (AvgIpc) is 3.53. The van der Waals surface area contributed by atoms with E-state index in [4.69, 9.17) is 16.9 Å². The predicted octanol–water partition coefficient (Wildman–Crippen LogP) is 3.98. The number of nitrogens with one attached hydrogen (secondary N) is 1. The van der Waals surface area contributed by atoms with E-state index in [-0.39, 0.29) is 30.5 Å². The quantitative estimate of drug-likeness (QED) is 0.174. The van der Waals surface area contributed by atoms with Crippen LogP contribution in [0.1, 0.15) is 59.8 Å². The third-order valence-electron chi connectivity index (χ3n) is 7.88. The molecule has 1 aromatic carbocycles. The topological polar surface area (TPSA) is 170 Å². The number of anilines is 2. The predicted molar refractivity (Wildman–Crippen MR) is 192 cm³/mol. The molecule has 47 heavy (non-hydrogen) atoms. The molecule has 0 fully saturated rings. The van der Waals surface area contributed by atoms with E-state index in [0.29, 0.717) is 60.6 Å². The van der Waals surface area contributed by atoms with Gasteiger partial charge in [0.15, 0.2) is 0 Å². The maximum absolute atomic E-state index is 13.4. The number of benzene rings is 1. The van der Waals surface area contributed by atoms with Gasteiger partial charge in [0.25, 0.3) is 0 Å². The molecule has 0 spiro atoms. The Balaban J connectivity index is 1.34.